The van der Waals surface area contributed by atoms with Crippen LogP contribution in [0.25, 0.3) is 0 Å². The van der Waals surface area contributed by atoms with Gasteiger partial charge in [-0.2, -0.15) is 0 Å². The number of hydrogen-bond acceptors (Lipinski definition) is 3. The van der Waals surface area contributed by atoms with Crippen LogP contribution in [0.3, 0.4) is 0 Å². The fourth-order valence-electron chi connectivity index (χ4n) is 2.76. The van der Waals surface area contributed by atoms with Crippen LogP contribution in [0, 0.1) is 5.92 Å². The number of nitrogens with zero attached hydrogens (tertiary/aromatic N) is 2. The van der Waals surface area contributed by atoms with Crippen molar-refractivity contribution >= 4 is 27.4 Å². The van der Waals surface area contributed by atoms with Crippen LogP contribution in [0.15, 0.2) is 22.7 Å². The molecule has 1 heterocycles. The van der Waals surface area contributed by atoms with Gasteiger partial charge >= 0.3 is 0 Å². The molecule has 0 aromatic heterocycles. The summed E-state index contributed by atoms with van der Waals surface area (Å²) in [7, 11) is 4.32. The molecule has 0 saturated carbocycles. The molecule has 4 heteroatoms. The second kappa shape index (κ2) is 6.72. The highest BCUT2D eigenvalue weighted by Crippen LogP contribution is 2.26. The Morgan fingerprint density at radius 2 is 2.05 bits per heavy atom. The standard InChI is InChI=1S/C16H23BrN2O/c1-12(20)15-5-4-14(10-16(15)17)19(3)11-13-6-8-18(2)9-7-13/h4-5,10,13H,6-9,11H2,1-3H3. The topological polar surface area (TPSA) is 23.6 Å². The van der Waals surface area contributed by atoms with Crippen molar-refractivity contribution in [3.63, 3.8) is 0 Å². The van der Waals surface area contributed by atoms with Crippen molar-refractivity contribution < 1.29 is 4.79 Å². The Morgan fingerprint density at radius 1 is 1.40 bits per heavy atom. The first-order valence-corrected chi connectivity index (χ1v) is 7.97. The lowest BCUT2D eigenvalue weighted by molar-refractivity contribution is 0.101. The molecule has 1 aliphatic heterocycles. The van der Waals surface area contributed by atoms with E-state index in [0.717, 1.165) is 22.5 Å². The van der Waals surface area contributed by atoms with Crippen LogP contribution in [-0.2, 0) is 0 Å². The maximum atomic E-state index is 11.4. The zero-order chi connectivity index (χ0) is 14.7. The first-order valence-electron chi connectivity index (χ1n) is 7.17. The number of Topliss-reactive ketones (excluding diaryl/α,β-unsaturated/α-hetero) is 1. The van der Waals surface area contributed by atoms with Gasteiger partial charge in [-0.25, -0.2) is 0 Å². The molecule has 1 fully saturated rings. The lowest BCUT2D eigenvalue weighted by Gasteiger charge is -2.32. The van der Waals surface area contributed by atoms with Gasteiger partial charge in [-0.1, -0.05) is 0 Å². The monoisotopic (exact) mass is 338 g/mol. The number of benzene rings is 1. The van der Waals surface area contributed by atoms with Crippen LogP contribution in [0.5, 0.6) is 0 Å². The molecule has 0 spiro atoms. The third kappa shape index (κ3) is 3.83. The lowest BCUT2D eigenvalue weighted by atomic mass is 9.96. The molecule has 0 bridgehead atoms. The number of rotatable bonds is 4. The summed E-state index contributed by atoms with van der Waals surface area (Å²) < 4.78 is 0.887. The summed E-state index contributed by atoms with van der Waals surface area (Å²) in [4.78, 5) is 16.1. The maximum absolute atomic E-state index is 11.4. The van der Waals surface area contributed by atoms with Crippen molar-refractivity contribution in [3.05, 3.63) is 28.2 Å². The second-order valence-electron chi connectivity index (χ2n) is 5.85. The molecule has 1 aromatic rings. The molecule has 0 radical (unpaired) electrons. The molecule has 20 heavy (non-hydrogen) atoms. The summed E-state index contributed by atoms with van der Waals surface area (Å²) in [5.74, 6) is 0.865. The van der Waals surface area contributed by atoms with Gasteiger partial charge in [0.15, 0.2) is 5.78 Å². The van der Waals surface area contributed by atoms with Crippen molar-refractivity contribution in [2.45, 2.75) is 19.8 Å². The molecule has 0 aliphatic carbocycles. The Labute approximate surface area is 130 Å². The van der Waals surface area contributed by atoms with Gasteiger partial charge in [0.2, 0.25) is 0 Å². The Kier molecular flexibility index (Phi) is 5.22. The minimum Gasteiger partial charge on any atom is -0.374 e. The number of hydrogen-bond donors (Lipinski definition) is 0. The molecular weight excluding hydrogens is 316 g/mol. The number of anilines is 1. The van der Waals surface area contributed by atoms with Crippen molar-refractivity contribution in [2.75, 3.05) is 38.6 Å². The second-order valence-corrected chi connectivity index (χ2v) is 6.70. The predicted octanol–water partition coefficient (Wildman–Crippen LogP) is 3.43. The third-order valence-electron chi connectivity index (χ3n) is 4.14. The van der Waals surface area contributed by atoms with E-state index in [1.54, 1.807) is 6.92 Å². The van der Waals surface area contributed by atoms with Crippen LogP contribution in [-0.4, -0.2) is 44.4 Å². The van der Waals surface area contributed by atoms with Crippen LogP contribution >= 0.6 is 15.9 Å². The summed E-state index contributed by atoms with van der Waals surface area (Å²) in [6.07, 6.45) is 2.54. The van der Waals surface area contributed by atoms with E-state index < -0.39 is 0 Å². The average Bonchev–Trinajstić information content (AvgIpc) is 2.40. The zero-order valence-electron chi connectivity index (χ0n) is 12.5. The quantitative estimate of drug-likeness (QED) is 0.786. The fraction of sp³-hybridized carbons (Fsp3) is 0.562. The van der Waals surface area contributed by atoms with Gasteiger partial charge in [0.05, 0.1) is 0 Å². The van der Waals surface area contributed by atoms with Gasteiger partial charge < -0.3 is 9.80 Å². The third-order valence-corrected chi connectivity index (χ3v) is 4.80. The number of carbonyl (C=O) groups excluding carboxylic acids is 1. The predicted molar refractivity (Wildman–Crippen MR) is 87.6 cm³/mol. The number of piperidine rings is 1. The summed E-state index contributed by atoms with van der Waals surface area (Å²) in [6, 6.07) is 6.00. The largest absolute Gasteiger partial charge is 0.374 e. The van der Waals surface area contributed by atoms with E-state index in [0.29, 0.717) is 0 Å². The van der Waals surface area contributed by atoms with Crippen molar-refractivity contribution in [1.82, 2.24) is 4.90 Å². The lowest BCUT2D eigenvalue weighted by Crippen LogP contribution is -2.35. The minimum absolute atomic E-state index is 0.0985. The average molecular weight is 339 g/mol. The van der Waals surface area contributed by atoms with Crippen LogP contribution < -0.4 is 4.90 Å². The van der Waals surface area contributed by atoms with Gasteiger partial charge in [-0.15, -0.1) is 0 Å². The van der Waals surface area contributed by atoms with Gasteiger partial charge in [-0.05, 0) is 79.9 Å². The molecule has 110 valence electrons. The van der Waals surface area contributed by atoms with Crippen LogP contribution in [0.2, 0.25) is 0 Å². The van der Waals surface area contributed by atoms with Crippen molar-refractivity contribution in [2.24, 2.45) is 5.92 Å². The molecule has 1 aliphatic rings. The van der Waals surface area contributed by atoms with E-state index in [1.165, 1.54) is 31.6 Å². The number of halogens is 1. The highest BCUT2D eigenvalue weighted by Gasteiger charge is 2.18. The highest BCUT2D eigenvalue weighted by molar-refractivity contribution is 9.10. The van der Waals surface area contributed by atoms with E-state index >= 15 is 0 Å². The maximum Gasteiger partial charge on any atom is 0.160 e. The van der Waals surface area contributed by atoms with Gasteiger partial charge in [0.1, 0.15) is 0 Å². The van der Waals surface area contributed by atoms with E-state index in [9.17, 15) is 4.79 Å². The first-order chi connectivity index (χ1) is 9.47. The Balaban J connectivity index is 2.00. The van der Waals surface area contributed by atoms with E-state index in [4.69, 9.17) is 0 Å². The molecule has 0 N–H and O–H groups in total. The number of ketones is 1. The van der Waals surface area contributed by atoms with E-state index in [1.807, 2.05) is 18.2 Å². The van der Waals surface area contributed by atoms with Gasteiger partial charge in [-0.3, -0.25) is 4.79 Å². The summed E-state index contributed by atoms with van der Waals surface area (Å²) >= 11 is 3.49. The molecule has 0 unspecified atom stereocenters. The summed E-state index contributed by atoms with van der Waals surface area (Å²) in [5.41, 5.74) is 1.92. The van der Waals surface area contributed by atoms with Crippen molar-refractivity contribution in [3.8, 4) is 0 Å². The van der Waals surface area contributed by atoms with Gasteiger partial charge in [0, 0.05) is 29.3 Å². The molecular formula is C16H23BrN2O. The fourth-order valence-corrected chi connectivity index (χ4v) is 3.41. The molecule has 3 nitrogen and oxygen atoms in total. The summed E-state index contributed by atoms with van der Waals surface area (Å²) in [6.45, 7) is 5.08. The SMILES string of the molecule is CC(=O)c1ccc(N(C)CC2CCN(C)CC2)cc1Br. The zero-order valence-corrected chi connectivity index (χ0v) is 14.1. The van der Waals surface area contributed by atoms with Crippen LogP contribution in [0.4, 0.5) is 5.69 Å². The molecule has 1 saturated heterocycles. The van der Waals surface area contributed by atoms with E-state index in [-0.39, 0.29) is 5.78 Å². The Hall–Kier alpha value is -0.870. The molecule has 0 atom stereocenters. The highest BCUT2D eigenvalue weighted by atomic mass is 79.9. The minimum atomic E-state index is 0.0985. The molecule has 0 amide bonds. The normalized spacial score (nSPS) is 17.2. The summed E-state index contributed by atoms with van der Waals surface area (Å²) in [5, 5.41) is 0. The van der Waals surface area contributed by atoms with Crippen molar-refractivity contribution in [1.29, 1.82) is 0 Å². The first kappa shape index (κ1) is 15.5. The number of likely N-dealkylation sites (tertiary alicyclic amines) is 1. The molecule has 1 aromatic carbocycles. The Morgan fingerprint density at radius 3 is 2.60 bits per heavy atom. The van der Waals surface area contributed by atoms with Crippen LogP contribution in [0.1, 0.15) is 30.1 Å². The number of carbonyl (C=O) groups is 1. The van der Waals surface area contributed by atoms with E-state index in [2.05, 4.69) is 39.8 Å². The molecule has 2 rings (SSSR count). The van der Waals surface area contributed by atoms with Gasteiger partial charge in [0.25, 0.3) is 0 Å². The Bertz CT molecular complexity index is 481. The smallest absolute Gasteiger partial charge is 0.160 e.